The monoisotopic (exact) mass is 439 g/mol. The number of rotatable bonds is 2. The van der Waals surface area contributed by atoms with Crippen molar-refractivity contribution in [3.8, 4) is 5.75 Å². The number of aromatic hydroxyl groups is 1. The zero-order valence-electron chi connectivity index (χ0n) is 13.1. The van der Waals surface area contributed by atoms with Crippen LogP contribution in [0.3, 0.4) is 0 Å². The molecule has 0 radical (unpaired) electrons. The molecule has 124 valence electrons. The maximum absolute atomic E-state index is 13.3. The van der Waals surface area contributed by atoms with Crippen LogP contribution >= 0.6 is 35.7 Å². The van der Waals surface area contributed by atoms with Crippen LogP contribution in [0.15, 0.2) is 23.2 Å². The number of phenolic OH excluding ortho intramolecular Hbond substituents is 1. The first-order valence-electron chi connectivity index (χ1n) is 6.98. The largest absolute Gasteiger partial charge is 0.505 e. The van der Waals surface area contributed by atoms with Gasteiger partial charge in [-0.1, -0.05) is 6.07 Å². The molecule has 0 atom stereocenters. The molecule has 2 rings (SSSR count). The number of benzene rings is 1. The number of halogens is 2. The highest BCUT2D eigenvalue weighted by Gasteiger charge is 2.28. The first-order chi connectivity index (χ1) is 9.91. The Hall–Kier alpha value is -0.700. The summed E-state index contributed by atoms with van der Waals surface area (Å²) in [4.78, 5) is 6.54. The minimum atomic E-state index is -0.597. The molecule has 1 heterocycles. The maximum Gasteiger partial charge on any atom is 0.193 e. The summed E-state index contributed by atoms with van der Waals surface area (Å²) in [5, 5.41) is 12.5. The van der Waals surface area contributed by atoms with Crippen molar-refractivity contribution in [2.75, 3.05) is 25.9 Å². The van der Waals surface area contributed by atoms with Crippen molar-refractivity contribution in [1.82, 2.24) is 10.2 Å². The summed E-state index contributed by atoms with van der Waals surface area (Å²) in [5.74, 6) is 0.983. The van der Waals surface area contributed by atoms with Crippen molar-refractivity contribution < 1.29 is 9.50 Å². The predicted octanol–water partition coefficient (Wildman–Crippen LogP) is 3.05. The van der Waals surface area contributed by atoms with Gasteiger partial charge in [-0.25, -0.2) is 4.39 Å². The first-order valence-corrected chi connectivity index (χ1v) is 7.97. The van der Waals surface area contributed by atoms with E-state index in [1.807, 2.05) is 11.8 Å². The second kappa shape index (κ2) is 8.24. The highest BCUT2D eigenvalue weighted by molar-refractivity contribution is 14.0. The zero-order valence-corrected chi connectivity index (χ0v) is 16.2. The summed E-state index contributed by atoms with van der Waals surface area (Å²) in [6.45, 7) is 6.83. The maximum atomic E-state index is 13.3. The van der Waals surface area contributed by atoms with Crippen LogP contribution in [0.1, 0.15) is 19.4 Å². The number of nitrogens with one attached hydrogen (secondary N) is 1. The molecule has 1 fully saturated rings. The molecule has 1 aromatic carbocycles. The molecule has 0 aliphatic carbocycles. The number of nitrogens with zero attached hydrogens (tertiary/aromatic N) is 2. The second-order valence-electron chi connectivity index (χ2n) is 5.72. The molecule has 7 heteroatoms. The lowest BCUT2D eigenvalue weighted by Gasteiger charge is -2.39. The lowest BCUT2D eigenvalue weighted by atomic mass is 10.2. The fourth-order valence-electron chi connectivity index (χ4n) is 2.37. The average molecular weight is 439 g/mol. The van der Waals surface area contributed by atoms with Crippen LogP contribution in [0.2, 0.25) is 0 Å². The van der Waals surface area contributed by atoms with Crippen molar-refractivity contribution in [2.24, 2.45) is 4.99 Å². The summed E-state index contributed by atoms with van der Waals surface area (Å²) in [6, 6.07) is 4.41. The van der Waals surface area contributed by atoms with Gasteiger partial charge in [0.25, 0.3) is 0 Å². The van der Waals surface area contributed by atoms with E-state index in [2.05, 4.69) is 29.1 Å². The minimum Gasteiger partial charge on any atom is -0.505 e. The van der Waals surface area contributed by atoms with Crippen LogP contribution in [-0.2, 0) is 6.54 Å². The Morgan fingerprint density at radius 1 is 1.50 bits per heavy atom. The SMILES string of the molecule is CN=C(NCc1ccc(O)c(F)c1)N1CCSC(C)(C)C1.I. The smallest absolute Gasteiger partial charge is 0.193 e. The normalized spacial score (nSPS) is 17.8. The van der Waals surface area contributed by atoms with E-state index in [0.717, 1.165) is 30.4 Å². The van der Waals surface area contributed by atoms with Crippen LogP contribution < -0.4 is 5.32 Å². The number of aliphatic imine (C=N–C) groups is 1. The van der Waals surface area contributed by atoms with Crippen LogP contribution in [0.25, 0.3) is 0 Å². The Kier molecular flexibility index (Phi) is 7.24. The molecule has 0 unspecified atom stereocenters. The van der Waals surface area contributed by atoms with Crippen LogP contribution in [0, 0.1) is 5.82 Å². The second-order valence-corrected chi connectivity index (χ2v) is 7.52. The molecule has 2 N–H and O–H groups in total. The minimum absolute atomic E-state index is 0. The predicted molar refractivity (Wildman–Crippen MR) is 102 cm³/mol. The summed E-state index contributed by atoms with van der Waals surface area (Å²) in [5.41, 5.74) is 0.775. The number of hydrogen-bond acceptors (Lipinski definition) is 3. The number of phenols is 1. The van der Waals surface area contributed by atoms with Gasteiger partial charge in [-0.05, 0) is 31.5 Å². The molecule has 22 heavy (non-hydrogen) atoms. The Bertz CT molecular complexity index is 540. The lowest BCUT2D eigenvalue weighted by molar-refractivity contribution is 0.375. The van der Waals surface area contributed by atoms with E-state index in [-0.39, 0.29) is 34.5 Å². The Labute approximate surface area is 152 Å². The molecule has 4 nitrogen and oxygen atoms in total. The van der Waals surface area contributed by atoms with Crippen molar-refractivity contribution in [1.29, 1.82) is 0 Å². The number of hydrogen-bond donors (Lipinski definition) is 2. The van der Waals surface area contributed by atoms with Crippen molar-refractivity contribution >= 4 is 41.7 Å². The summed E-state index contributed by atoms with van der Waals surface area (Å²) in [6.07, 6.45) is 0. The van der Waals surface area contributed by atoms with E-state index in [1.165, 1.54) is 12.1 Å². The molecular formula is C15H23FIN3OS. The summed E-state index contributed by atoms with van der Waals surface area (Å²) >= 11 is 1.97. The third kappa shape index (κ3) is 5.19. The Morgan fingerprint density at radius 2 is 2.23 bits per heavy atom. The molecule has 0 aromatic heterocycles. The lowest BCUT2D eigenvalue weighted by Crippen LogP contribution is -2.50. The molecule has 0 amide bonds. The van der Waals surface area contributed by atoms with E-state index in [4.69, 9.17) is 0 Å². The fourth-order valence-corrected chi connectivity index (χ4v) is 3.48. The molecule has 0 spiro atoms. The van der Waals surface area contributed by atoms with Gasteiger partial charge in [0.15, 0.2) is 17.5 Å². The van der Waals surface area contributed by atoms with Gasteiger partial charge in [0.1, 0.15) is 0 Å². The van der Waals surface area contributed by atoms with Gasteiger partial charge in [0, 0.05) is 37.2 Å². The molecule has 1 aromatic rings. The molecule has 1 aliphatic rings. The average Bonchev–Trinajstić information content (AvgIpc) is 2.42. The van der Waals surface area contributed by atoms with Gasteiger partial charge in [-0.3, -0.25) is 4.99 Å². The first kappa shape index (κ1) is 19.3. The van der Waals surface area contributed by atoms with Crippen LogP contribution in [0.4, 0.5) is 4.39 Å². The molecular weight excluding hydrogens is 416 g/mol. The highest BCUT2D eigenvalue weighted by Crippen LogP contribution is 2.29. The van der Waals surface area contributed by atoms with Crippen LogP contribution in [0.5, 0.6) is 5.75 Å². The third-order valence-electron chi connectivity index (χ3n) is 3.40. The number of guanidine groups is 1. The van der Waals surface area contributed by atoms with Gasteiger partial charge in [-0.2, -0.15) is 11.8 Å². The van der Waals surface area contributed by atoms with Gasteiger partial charge in [0.05, 0.1) is 0 Å². The van der Waals surface area contributed by atoms with E-state index in [0.29, 0.717) is 6.54 Å². The highest BCUT2D eigenvalue weighted by atomic mass is 127. The van der Waals surface area contributed by atoms with Crippen molar-refractivity contribution in [3.05, 3.63) is 29.6 Å². The fraction of sp³-hybridized carbons (Fsp3) is 0.533. The van der Waals surface area contributed by atoms with E-state index in [1.54, 1.807) is 13.1 Å². The van der Waals surface area contributed by atoms with E-state index < -0.39 is 5.82 Å². The molecule has 1 aliphatic heterocycles. The van der Waals surface area contributed by atoms with E-state index in [9.17, 15) is 9.50 Å². The van der Waals surface area contributed by atoms with Gasteiger partial charge >= 0.3 is 0 Å². The summed E-state index contributed by atoms with van der Waals surface area (Å²) < 4.78 is 13.5. The van der Waals surface area contributed by atoms with E-state index >= 15 is 0 Å². The molecule has 0 bridgehead atoms. The molecule has 0 saturated carbocycles. The zero-order chi connectivity index (χ0) is 15.5. The van der Waals surface area contributed by atoms with Gasteiger partial charge in [0.2, 0.25) is 0 Å². The van der Waals surface area contributed by atoms with Gasteiger partial charge in [-0.15, -0.1) is 24.0 Å². The van der Waals surface area contributed by atoms with Crippen molar-refractivity contribution in [3.63, 3.8) is 0 Å². The Morgan fingerprint density at radius 3 is 2.82 bits per heavy atom. The quantitative estimate of drug-likeness (QED) is 0.423. The Balaban J connectivity index is 0.00000242. The van der Waals surface area contributed by atoms with Gasteiger partial charge < -0.3 is 15.3 Å². The van der Waals surface area contributed by atoms with Crippen molar-refractivity contribution in [2.45, 2.75) is 25.1 Å². The summed E-state index contributed by atoms with van der Waals surface area (Å²) in [7, 11) is 1.76. The topological polar surface area (TPSA) is 47.9 Å². The van der Waals surface area contributed by atoms with Crippen LogP contribution in [-0.4, -0.2) is 46.6 Å². The molecule has 1 saturated heterocycles. The number of thioether (sulfide) groups is 1. The standard InChI is InChI=1S/C15H22FN3OS.HI/c1-15(2)10-19(6-7-21-15)14(17-3)18-9-11-4-5-13(20)12(16)8-11;/h4-5,8,20H,6-7,9-10H2,1-3H3,(H,17,18);1H. The third-order valence-corrected chi connectivity index (χ3v) is 4.70.